The van der Waals surface area contributed by atoms with E-state index in [4.69, 9.17) is 5.73 Å². The third-order valence-electron chi connectivity index (χ3n) is 3.48. The van der Waals surface area contributed by atoms with E-state index in [1.54, 1.807) is 0 Å². The average Bonchev–Trinajstić information content (AvgIpc) is 2.48. The van der Waals surface area contributed by atoms with Crippen molar-refractivity contribution in [3.05, 3.63) is 65.5 Å². The Morgan fingerprint density at radius 3 is 2.47 bits per heavy atom. The smallest absolute Gasteiger partial charge is 0.0491 e. The van der Waals surface area contributed by atoms with Gasteiger partial charge in [0.1, 0.15) is 0 Å². The van der Waals surface area contributed by atoms with Crippen LogP contribution in [0.5, 0.6) is 0 Å². The molecule has 2 aromatic rings. The average molecular weight is 254 g/mol. The Bertz CT molecular complexity index is 476. The number of pyridine rings is 1. The van der Waals surface area contributed by atoms with Gasteiger partial charge in [0.25, 0.3) is 0 Å². The molecule has 1 aromatic carbocycles. The molecule has 19 heavy (non-hydrogen) atoms. The van der Waals surface area contributed by atoms with Crippen LogP contribution < -0.4 is 5.73 Å². The maximum Gasteiger partial charge on any atom is 0.0491 e. The van der Waals surface area contributed by atoms with Crippen molar-refractivity contribution in [2.45, 2.75) is 32.1 Å². The van der Waals surface area contributed by atoms with Crippen LogP contribution >= 0.6 is 0 Å². The Kier molecular flexibility index (Phi) is 5.10. The lowest BCUT2D eigenvalue weighted by Crippen LogP contribution is -2.15. The first-order chi connectivity index (χ1) is 9.35. The number of nitrogens with zero attached hydrogens (tertiary/aromatic N) is 1. The van der Waals surface area contributed by atoms with E-state index in [0.717, 1.165) is 12.1 Å². The second kappa shape index (κ2) is 7.05. The van der Waals surface area contributed by atoms with Gasteiger partial charge < -0.3 is 5.73 Å². The molecule has 0 aliphatic rings. The van der Waals surface area contributed by atoms with Gasteiger partial charge in [-0.25, -0.2) is 0 Å². The number of rotatable bonds is 6. The molecule has 0 radical (unpaired) electrons. The second-order valence-electron chi connectivity index (χ2n) is 4.89. The maximum atomic E-state index is 5.92. The van der Waals surface area contributed by atoms with Crippen LogP contribution in [0.2, 0.25) is 0 Å². The van der Waals surface area contributed by atoms with E-state index >= 15 is 0 Å². The van der Waals surface area contributed by atoms with E-state index in [9.17, 15) is 0 Å². The summed E-state index contributed by atoms with van der Waals surface area (Å²) >= 11 is 0. The van der Waals surface area contributed by atoms with Crippen LogP contribution in [0, 0.1) is 0 Å². The van der Waals surface area contributed by atoms with E-state index in [-0.39, 0.29) is 5.92 Å². The minimum Gasteiger partial charge on any atom is -0.329 e. The zero-order valence-corrected chi connectivity index (χ0v) is 11.5. The summed E-state index contributed by atoms with van der Waals surface area (Å²) in [6.07, 6.45) is 5.47. The Morgan fingerprint density at radius 1 is 1.11 bits per heavy atom. The molecule has 0 bridgehead atoms. The Labute approximate surface area is 115 Å². The largest absolute Gasteiger partial charge is 0.329 e. The first-order valence-corrected chi connectivity index (χ1v) is 7.05. The van der Waals surface area contributed by atoms with E-state index in [1.165, 1.54) is 24.0 Å². The summed E-state index contributed by atoms with van der Waals surface area (Å²) < 4.78 is 0. The predicted octanol–water partition coefficient (Wildman–Crippen LogP) is 3.51. The second-order valence-corrected chi connectivity index (χ2v) is 4.89. The van der Waals surface area contributed by atoms with Crippen molar-refractivity contribution in [1.29, 1.82) is 0 Å². The number of unbranched alkanes of at least 4 members (excludes halogenated alkanes) is 1. The molecule has 100 valence electrons. The van der Waals surface area contributed by atoms with Crippen LogP contribution in [-0.4, -0.2) is 11.5 Å². The van der Waals surface area contributed by atoms with Crippen molar-refractivity contribution in [1.82, 2.24) is 4.98 Å². The van der Waals surface area contributed by atoms with Gasteiger partial charge in [-0.2, -0.15) is 0 Å². The monoisotopic (exact) mass is 254 g/mol. The molecule has 2 heteroatoms. The molecule has 0 aliphatic carbocycles. The summed E-state index contributed by atoms with van der Waals surface area (Å²) in [6, 6.07) is 14.8. The fraction of sp³-hybridized carbons (Fsp3) is 0.353. The summed E-state index contributed by atoms with van der Waals surface area (Å²) in [6.45, 7) is 2.81. The Morgan fingerprint density at radius 2 is 1.89 bits per heavy atom. The normalized spacial score (nSPS) is 12.3. The van der Waals surface area contributed by atoms with Gasteiger partial charge in [0, 0.05) is 24.4 Å². The van der Waals surface area contributed by atoms with Crippen molar-refractivity contribution < 1.29 is 0 Å². The van der Waals surface area contributed by atoms with Gasteiger partial charge in [0.15, 0.2) is 0 Å². The highest BCUT2D eigenvalue weighted by atomic mass is 14.7. The molecule has 0 amide bonds. The molecule has 1 unspecified atom stereocenters. The van der Waals surface area contributed by atoms with Crippen LogP contribution in [0.4, 0.5) is 0 Å². The standard InChI is InChI=1S/C17H22N2/c1-2-3-6-14-8-10-15(11-9-14)16(13-18)17-7-4-5-12-19-17/h4-5,7-12,16H,2-3,6,13,18H2,1H3. The summed E-state index contributed by atoms with van der Waals surface area (Å²) in [5.41, 5.74) is 9.62. The highest BCUT2D eigenvalue weighted by Crippen LogP contribution is 2.22. The van der Waals surface area contributed by atoms with Crippen molar-refractivity contribution in [3.8, 4) is 0 Å². The summed E-state index contributed by atoms with van der Waals surface area (Å²) in [5.74, 6) is 0.196. The zero-order valence-electron chi connectivity index (χ0n) is 11.5. The minimum atomic E-state index is 0.196. The molecule has 1 aromatic heterocycles. The van der Waals surface area contributed by atoms with Crippen LogP contribution in [-0.2, 0) is 6.42 Å². The van der Waals surface area contributed by atoms with E-state index in [0.29, 0.717) is 6.54 Å². The van der Waals surface area contributed by atoms with Gasteiger partial charge >= 0.3 is 0 Å². The molecule has 1 atom stereocenters. The Balaban J connectivity index is 2.15. The lowest BCUT2D eigenvalue weighted by atomic mass is 9.94. The van der Waals surface area contributed by atoms with Crippen molar-refractivity contribution in [2.24, 2.45) is 5.73 Å². The molecule has 2 rings (SSSR count). The minimum absolute atomic E-state index is 0.196. The summed E-state index contributed by atoms with van der Waals surface area (Å²) in [7, 11) is 0. The fourth-order valence-electron chi connectivity index (χ4n) is 2.31. The van der Waals surface area contributed by atoms with Gasteiger partial charge in [-0.05, 0) is 36.1 Å². The molecule has 0 saturated carbocycles. The van der Waals surface area contributed by atoms with E-state index in [2.05, 4.69) is 36.2 Å². The van der Waals surface area contributed by atoms with Gasteiger partial charge in [-0.1, -0.05) is 43.7 Å². The number of nitrogens with two attached hydrogens (primary N) is 1. The molecular formula is C17H22N2. The number of benzene rings is 1. The molecule has 1 heterocycles. The van der Waals surface area contributed by atoms with E-state index in [1.807, 2.05) is 24.4 Å². The lowest BCUT2D eigenvalue weighted by molar-refractivity contribution is 0.779. The maximum absolute atomic E-state index is 5.92. The number of hydrogen-bond donors (Lipinski definition) is 1. The topological polar surface area (TPSA) is 38.9 Å². The summed E-state index contributed by atoms with van der Waals surface area (Å²) in [4.78, 5) is 4.42. The van der Waals surface area contributed by atoms with Crippen molar-refractivity contribution in [3.63, 3.8) is 0 Å². The first-order valence-electron chi connectivity index (χ1n) is 7.05. The lowest BCUT2D eigenvalue weighted by Gasteiger charge is -2.15. The SMILES string of the molecule is CCCCc1ccc(C(CN)c2ccccn2)cc1. The first kappa shape index (κ1) is 13.8. The van der Waals surface area contributed by atoms with Crippen LogP contribution in [0.3, 0.4) is 0 Å². The molecule has 0 saturated heterocycles. The van der Waals surface area contributed by atoms with Crippen molar-refractivity contribution >= 4 is 0 Å². The van der Waals surface area contributed by atoms with Crippen LogP contribution in [0.15, 0.2) is 48.7 Å². The quantitative estimate of drug-likeness (QED) is 0.856. The molecule has 2 N–H and O–H groups in total. The van der Waals surface area contributed by atoms with Gasteiger partial charge in [0.2, 0.25) is 0 Å². The molecule has 0 fully saturated rings. The molecule has 0 aliphatic heterocycles. The fourth-order valence-corrected chi connectivity index (χ4v) is 2.31. The van der Waals surface area contributed by atoms with Crippen molar-refractivity contribution in [2.75, 3.05) is 6.54 Å². The number of aryl methyl sites for hydroxylation is 1. The molecule has 2 nitrogen and oxygen atoms in total. The third-order valence-corrected chi connectivity index (χ3v) is 3.48. The zero-order chi connectivity index (χ0) is 13.5. The highest BCUT2D eigenvalue weighted by Gasteiger charge is 2.13. The predicted molar refractivity (Wildman–Crippen MR) is 80.2 cm³/mol. The third kappa shape index (κ3) is 3.65. The highest BCUT2D eigenvalue weighted by molar-refractivity contribution is 5.31. The molecular weight excluding hydrogens is 232 g/mol. The molecule has 0 spiro atoms. The van der Waals surface area contributed by atoms with E-state index < -0.39 is 0 Å². The van der Waals surface area contributed by atoms with Crippen LogP contribution in [0.1, 0.15) is 42.5 Å². The van der Waals surface area contributed by atoms with Crippen LogP contribution in [0.25, 0.3) is 0 Å². The van der Waals surface area contributed by atoms with Gasteiger partial charge in [0.05, 0.1) is 0 Å². The van der Waals surface area contributed by atoms with Gasteiger partial charge in [-0.15, -0.1) is 0 Å². The van der Waals surface area contributed by atoms with Gasteiger partial charge in [-0.3, -0.25) is 4.98 Å². The number of hydrogen-bond acceptors (Lipinski definition) is 2. The number of aromatic nitrogens is 1. The Hall–Kier alpha value is -1.67. The summed E-state index contributed by atoms with van der Waals surface area (Å²) in [5, 5.41) is 0.